The Hall–Kier alpha value is -4.20. The number of benzene rings is 3. The summed E-state index contributed by atoms with van der Waals surface area (Å²) in [5, 5.41) is 11.4. The first kappa shape index (κ1) is 25.9. The third-order valence-corrected chi connectivity index (χ3v) is 6.23. The van der Waals surface area contributed by atoms with Gasteiger partial charge in [0.1, 0.15) is 23.9 Å². The summed E-state index contributed by atoms with van der Waals surface area (Å²) in [6.45, 7) is 4.98. The predicted molar refractivity (Wildman–Crippen MR) is 143 cm³/mol. The van der Waals surface area contributed by atoms with Gasteiger partial charge < -0.3 is 15.0 Å². The number of hydrogen-bond donors (Lipinski definition) is 1. The summed E-state index contributed by atoms with van der Waals surface area (Å²) >= 11 is 0. The maximum Gasteiger partial charge on any atom is 0.247 e. The van der Waals surface area contributed by atoms with Crippen molar-refractivity contribution >= 4 is 22.8 Å². The van der Waals surface area contributed by atoms with Crippen LogP contribution in [0.4, 0.5) is 0 Å². The van der Waals surface area contributed by atoms with E-state index in [1.807, 2.05) is 66.7 Å². The molecule has 4 aromatic rings. The fourth-order valence-electron chi connectivity index (χ4n) is 4.20. The molecule has 0 aliphatic rings. The molecule has 0 radical (unpaired) electrons. The van der Waals surface area contributed by atoms with Gasteiger partial charge in [0.05, 0.1) is 12.6 Å². The zero-order valence-corrected chi connectivity index (χ0v) is 21.5. The highest BCUT2D eigenvalue weighted by Crippen LogP contribution is 2.26. The number of methoxy groups -OCH3 is 1. The SMILES string of the molecule is COc1ccc([C@H](C(=O)NCCC(C)C)N(Cc2ccccc2)C(=O)Cn2nnc3ccccc32)cc1. The van der Waals surface area contributed by atoms with E-state index in [0.717, 1.165) is 17.5 Å². The molecule has 0 spiro atoms. The average molecular weight is 500 g/mol. The minimum absolute atomic E-state index is 0.0424. The summed E-state index contributed by atoms with van der Waals surface area (Å²) < 4.78 is 6.90. The molecule has 1 N–H and O–H groups in total. The number of rotatable bonds is 11. The Balaban J connectivity index is 1.70. The number of nitrogens with zero attached hydrogens (tertiary/aromatic N) is 4. The minimum atomic E-state index is -0.833. The molecule has 0 fully saturated rings. The molecule has 0 bridgehead atoms. The van der Waals surface area contributed by atoms with E-state index in [1.54, 1.807) is 28.8 Å². The zero-order chi connectivity index (χ0) is 26.2. The first-order valence-electron chi connectivity index (χ1n) is 12.5. The maximum absolute atomic E-state index is 13.9. The summed E-state index contributed by atoms with van der Waals surface area (Å²) in [4.78, 5) is 29.2. The van der Waals surface area contributed by atoms with Crippen LogP contribution in [0.1, 0.15) is 37.4 Å². The lowest BCUT2D eigenvalue weighted by molar-refractivity contribution is -0.142. The molecule has 8 heteroatoms. The van der Waals surface area contributed by atoms with Gasteiger partial charge in [-0.15, -0.1) is 5.10 Å². The van der Waals surface area contributed by atoms with Crippen molar-refractivity contribution in [2.45, 2.75) is 39.4 Å². The van der Waals surface area contributed by atoms with Gasteiger partial charge in [-0.3, -0.25) is 9.59 Å². The standard InChI is InChI=1S/C29H33N5O3/c1-21(2)17-18-30-29(36)28(23-13-15-24(37-3)16-14-23)33(19-22-9-5-4-6-10-22)27(35)20-34-26-12-8-7-11-25(26)31-32-34/h4-16,21,28H,17-20H2,1-3H3,(H,30,36)/t28-/m1/s1. The van der Waals surface area contributed by atoms with Crippen LogP contribution in [0.2, 0.25) is 0 Å². The molecule has 8 nitrogen and oxygen atoms in total. The summed E-state index contributed by atoms with van der Waals surface area (Å²) in [6.07, 6.45) is 0.846. The van der Waals surface area contributed by atoms with Crippen LogP contribution >= 0.6 is 0 Å². The van der Waals surface area contributed by atoms with Gasteiger partial charge in [0.15, 0.2) is 0 Å². The third kappa shape index (κ3) is 6.52. The molecule has 1 heterocycles. The fourth-order valence-corrected chi connectivity index (χ4v) is 4.20. The number of hydrogen-bond acceptors (Lipinski definition) is 5. The molecule has 0 saturated carbocycles. The summed E-state index contributed by atoms with van der Waals surface area (Å²) in [7, 11) is 1.60. The maximum atomic E-state index is 13.9. The second-order valence-corrected chi connectivity index (χ2v) is 9.39. The lowest BCUT2D eigenvalue weighted by Crippen LogP contribution is -2.45. The van der Waals surface area contributed by atoms with Crippen LogP contribution in [0.25, 0.3) is 11.0 Å². The number of carbonyl (C=O) groups is 2. The van der Waals surface area contributed by atoms with Gasteiger partial charge in [-0.1, -0.05) is 73.7 Å². The molecule has 0 aliphatic heterocycles. The summed E-state index contributed by atoms with van der Waals surface area (Å²) in [5.41, 5.74) is 3.10. The molecule has 2 amide bonds. The quantitative estimate of drug-likeness (QED) is 0.331. The van der Waals surface area contributed by atoms with Crippen molar-refractivity contribution in [3.63, 3.8) is 0 Å². The molecule has 0 saturated heterocycles. The second-order valence-electron chi connectivity index (χ2n) is 9.39. The van der Waals surface area contributed by atoms with Crippen molar-refractivity contribution in [3.8, 4) is 5.75 Å². The van der Waals surface area contributed by atoms with Crippen molar-refractivity contribution in [1.82, 2.24) is 25.2 Å². The van der Waals surface area contributed by atoms with E-state index in [0.29, 0.717) is 29.3 Å². The lowest BCUT2D eigenvalue weighted by Gasteiger charge is -2.32. The van der Waals surface area contributed by atoms with Gasteiger partial charge in [0.2, 0.25) is 11.8 Å². The fraction of sp³-hybridized carbons (Fsp3) is 0.310. The second kappa shape index (κ2) is 12.2. The van der Waals surface area contributed by atoms with Crippen LogP contribution in [0.3, 0.4) is 0 Å². The van der Waals surface area contributed by atoms with E-state index in [-0.39, 0.29) is 24.9 Å². The number of para-hydroxylation sites is 1. The van der Waals surface area contributed by atoms with Gasteiger partial charge in [0.25, 0.3) is 0 Å². The molecular weight excluding hydrogens is 466 g/mol. The van der Waals surface area contributed by atoms with Crippen molar-refractivity contribution in [2.24, 2.45) is 5.92 Å². The van der Waals surface area contributed by atoms with Crippen molar-refractivity contribution in [2.75, 3.05) is 13.7 Å². The van der Waals surface area contributed by atoms with E-state index in [4.69, 9.17) is 4.74 Å². The van der Waals surface area contributed by atoms with Gasteiger partial charge in [-0.05, 0) is 47.7 Å². The van der Waals surface area contributed by atoms with Crippen LogP contribution in [0.5, 0.6) is 5.75 Å². The first-order chi connectivity index (χ1) is 18.0. The van der Waals surface area contributed by atoms with Crippen LogP contribution in [-0.4, -0.2) is 45.4 Å². The number of carbonyl (C=O) groups excluding carboxylic acids is 2. The predicted octanol–water partition coefficient (Wildman–Crippen LogP) is 4.37. The van der Waals surface area contributed by atoms with Crippen LogP contribution in [0, 0.1) is 5.92 Å². The highest BCUT2D eigenvalue weighted by molar-refractivity contribution is 5.89. The molecule has 3 aromatic carbocycles. The van der Waals surface area contributed by atoms with Crippen molar-refractivity contribution in [3.05, 3.63) is 90.0 Å². The normalized spacial score (nSPS) is 11.9. The van der Waals surface area contributed by atoms with Crippen LogP contribution in [-0.2, 0) is 22.7 Å². The summed E-state index contributed by atoms with van der Waals surface area (Å²) in [6, 6.07) is 23.6. The van der Waals surface area contributed by atoms with E-state index in [9.17, 15) is 9.59 Å². The number of nitrogens with one attached hydrogen (secondary N) is 1. The molecular formula is C29H33N5O3. The molecule has 1 aromatic heterocycles. The Kier molecular flexibility index (Phi) is 8.51. The highest BCUT2D eigenvalue weighted by Gasteiger charge is 2.32. The Morgan fingerprint density at radius 2 is 1.68 bits per heavy atom. The monoisotopic (exact) mass is 499 g/mol. The van der Waals surface area contributed by atoms with E-state index in [2.05, 4.69) is 29.5 Å². The number of fused-ring (bicyclic) bond motifs is 1. The lowest BCUT2D eigenvalue weighted by atomic mass is 10.0. The van der Waals surface area contributed by atoms with Gasteiger partial charge in [-0.2, -0.15) is 0 Å². The number of ether oxygens (including phenoxy) is 1. The Morgan fingerprint density at radius 3 is 2.38 bits per heavy atom. The first-order valence-corrected chi connectivity index (χ1v) is 12.5. The highest BCUT2D eigenvalue weighted by atomic mass is 16.5. The Labute approximate surface area is 217 Å². The molecule has 37 heavy (non-hydrogen) atoms. The van der Waals surface area contributed by atoms with Crippen LogP contribution in [0.15, 0.2) is 78.9 Å². The smallest absolute Gasteiger partial charge is 0.247 e. The van der Waals surface area contributed by atoms with Gasteiger partial charge >= 0.3 is 0 Å². The largest absolute Gasteiger partial charge is 0.497 e. The Bertz CT molecular complexity index is 1320. The van der Waals surface area contributed by atoms with Gasteiger partial charge in [-0.25, -0.2) is 4.68 Å². The van der Waals surface area contributed by atoms with E-state index >= 15 is 0 Å². The number of aromatic nitrogens is 3. The minimum Gasteiger partial charge on any atom is -0.497 e. The molecule has 0 aliphatic carbocycles. The molecule has 4 rings (SSSR count). The van der Waals surface area contributed by atoms with E-state index in [1.165, 1.54) is 0 Å². The van der Waals surface area contributed by atoms with Crippen molar-refractivity contribution in [1.29, 1.82) is 0 Å². The third-order valence-electron chi connectivity index (χ3n) is 6.23. The zero-order valence-electron chi connectivity index (χ0n) is 21.5. The van der Waals surface area contributed by atoms with Crippen LogP contribution < -0.4 is 10.1 Å². The molecule has 192 valence electrons. The van der Waals surface area contributed by atoms with Gasteiger partial charge in [0, 0.05) is 13.1 Å². The Morgan fingerprint density at radius 1 is 0.973 bits per heavy atom. The molecule has 1 atom stereocenters. The average Bonchev–Trinajstić information content (AvgIpc) is 3.31. The molecule has 0 unspecified atom stereocenters. The van der Waals surface area contributed by atoms with E-state index < -0.39 is 6.04 Å². The topological polar surface area (TPSA) is 89.4 Å². The summed E-state index contributed by atoms with van der Waals surface area (Å²) in [5.74, 6) is 0.665. The number of amides is 2. The van der Waals surface area contributed by atoms with Crippen molar-refractivity contribution < 1.29 is 14.3 Å².